The van der Waals surface area contributed by atoms with Gasteiger partial charge in [-0.2, -0.15) is 13.2 Å². The summed E-state index contributed by atoms with van der Waals surface area (Å²) < 4.78 is 37.6. The number of amides is 1. The molecule has 0 spiro atoms. The van der Waals surface area contributed by atoms with Crippen LogP contribution in [0.2, 0.25) is 0 Å². The average Bonchev–Trinajstić information content (AvgIpc) is 2.37. The Balaban J connectivity index is 2.53. The third-order valence-corrected chi connectivity index (χ3v) is 3.04. The number of aryl methyl sites for hydroxylation is 1. The van der Waals surface area contributed by atoms with Crippen molar-refractivity contribution in [3.8, 4) is 11.1 Å². The smallest absolute Gasteiger partial charge is 0.366 e. The fourth-order valence-electron chi connectivity index (χ4n) is 2.07. The first-order valence-electron chi connectivity index (χ1n) is 5.88. The Morgan fingerprint density at radius 1 is 1.05 bits per heavy atom. The van der Waals surface area contributed by atoms with Gasteiger partial charge in [-0.15, -0.1) is 0 Å². The Bertz CT molecular complexity index is 645. The largest absolute Gasteiger partial charge is 0.416 e. The second kappa shape index (κ2) is 5.00. The van der Waals surface area contributed by atoms with E-state index in [-0.39, 0.29) is 0 Å². The molecule has 5 heteroatoms. The average molecular weight is 279 g/mol. The number of rotatable bonds is 2. The van der Waals surface area contributed by atoms with Crippen molar-refractivity contribution in [3.63, 3.8) is 0 Å². The maximum Gasteiger partial charge on any atom is 0.416 e. The molecule has 2 N–H and O–H groups in total. The zero-order valence-electron chi connectivity index (χ0n) is 10.7. The van der Waals surface area contributed by atoms with Gasteiger partial charge in [0.05, 0.1) is 5.56 Å². The van der Waals surface area contributed by atoms with Crippen LogP contribution in [0.5, 0.6) is 0 Å². The molecule has 0 saturated carbocycles. The van der Waals surface area contributed by atoms with E-state index in [1.165, 1.54) is 12.1 Å². The molecule has 0 heterocycles. The number of benzene rings is 2. The molecular formula is C15H12F3NO. The van der Waals surface area contributed by atoms with Crippen LogP contribution in [0.25, 0.3) is 11.1 Å². The predicted molar refractivity (Wildman–Crippen MR) is 70.1 cm³/mol. The predicted octanol–water partition coefficient (Wildman–Crippen LogP) is 3.78. The molecule has 0 radical (unpaired) electrons. The van der Waals surface area contributed by atoms with Crippen LogP contribution in [0.3, 0.4) is 0 Å². The molecule has 20 heavy (non-hydrogen) atoms. The van der Waals surface area contributed by atoms with Gasteiger partial charge in [0.2, 0.25) is 5.91 Å². The van der Waals surface area contributed by atoms with E-state index in [0.29, 0.717) is 22.3 Å². The summed E-state index contributed by atoms with van der Waals surface area (Å²) in [5.74, 6) is -0.599. The number of carbonyl (C=O) groups is 1. The van der Waals surface area contributed by atoms with Gasteiger partial charge >= 0.3 is 6.18 Å². The molecule has 0 aliphatic heterocycles. The van der Waals surface area contributed by atoms with E-state index in [0.717, 1.165) is 12.1 Å². The third-order valence-electron chi connectivity index (χ3n) is 3.04. The van der Waals surface area contributed by atoms with Gasteiger partial charge in [0.1, 0.15) is 0 Å². The Morgan fingerprint density at radius 2 is 1.65 bits per heavy atom. The fourth-order valence-corrected chi connectivity index (χ4v) is 2.07. The van der Waals surface area contributed by atoms with Crippen LogP contribution < -0.4 is 5.73 Å². The third kappa shape index (κ3) is 2.66. The summed E-state index contributed by atoms with van der Waals surface area (Å²) in [7, 11) is 0. The standard InChI is InChI=1S/C15H12F3NO/c1-9-3-2-4-12(13(9)14(19)20)10-5-7-11(8-6-10)15(16,17)18/h2-8H,1H3,(H2,19,20). The molecule has 0 bridgehead atoms. The van der Waals surface area contributed by atoms with Crippen molar-refractivity contribution in [2.24, 2.45) is 5.73 Å². The lowest BCUT2D eigenvalue weighted by Crippen LogP contribution is -2.14. The Labute approximate surface area is 114 Å². The summed E-state index contributed by atoms with van der Waals surface area (Å²) in [6.45, 7) is 1.73. The highest BCUT2D eigenvalue weighted by atomic mass is 19.4. The Kier molecular flexibility index (Phi) is 3.53. The highest BCUT2D eigenvalue weighted by molar-refractivity contribution is 6.01. The number of primary amides is 1. The summed E-state index contributed by atoms with van der Waals surface area (Å²) in [4.78, 5) is 11.5. The Hall–Kier alpha value is -2.30. The van der Waals surface area contributed by atoms with Crippen molar-refractivity contribution in [2.75, 3.05) is 0 Å². The first-order chi connectivity index (χ1) is 9.30. The van der Waals surface area contributed by atoms with Crippen LogP contribution >= 0.6 is 0 Å². The summed E-state index contributed by atoms with van der Waals surface area (Å²) >= 11 is 0. The summed E-state index contributed by atoms with van der Waals surface area (Å²) in [5.41, 5.74) is 6.68. The fraction of sp³-hybridized carbons (Fsp3) is 0.133. The maximum absolute atomic E-state index is 12.5. The van der Waals surface area contributed by atoms with Crippen molar-refractivity contribution in [2.45, 2.75) is 13.1 Å². The van der Waals surface area contributed by atoms with E-state index in [1.54, 1.807) is 25.1 Å². The van der Waals surface area contributed by atoms with Crippen molar-refractivity contribution in [1.82, 2.24) is 0 Å². The van der Waals surface area contributed by atoms with E-state index in [4.69, 9.17) is 5.73 Å². The zero-order valence-corrected chi connectivity index (χ0v) is 10.7. The molecule has 2 rings (SSSR count). The number of halogens is 3. The van der Waals surface area contributed by atoms with Crippen molar-refractivity contribution in [1.29, 1.82) is 0 Å². The molecule has 0 aliphatic carbocycles. The van der Waals surface area contributed by atoms with Gasteiger partial charge in [-0.1, -0.05) is 30.3 Å². The molecule has 2 aromatic carbocycles. The highest BCUT2D eigenvalue weighted by Gasteiger charge is 2.30. The topological polar surface area (TPSA) is 43.1 Å². The molecule has 0 aliphatic rings. The maximum atomic E-state index is 12.5. The molecule has 0 aromatic heterocycles. The van der Waals surface area contributed by atoms with E-state index in [1.807, 2.05) is 0 Å². The summed E-state index contributed by atoms with van der Waals surface area (Å²) in [6, 6.07) is 9.77. The van der Waals surface area contributed by atoms with Crippen LogP contribution in [0.1, 0.15) is 21.5 Å². The van der Waals surface area contributed by atoms with Crippen LogP contribution in [0.4, 0.5) is 13.2 Å². The van der Waals surface area contributed by atoms with Crippen LogP contribution in [0.15, 0.2) is 42.5 Å². The van der Waals surface area contributed by atoms with Gasteiger partial charge < -0.3 is 5.73 Å². The van der Waals surface area contributed by atoms with Gasteiger partial charge in [-0.05, 0) is 35.7 Å². The molecule has 0 unspecified atom stereocenters. The van der Waals surface area contributed by atoms with Crippen molar-refractivity contribution < 1.29 is 18.0 Å². The number of hydrogen-bond donors (Lipinski definition) is 1. The van der Waals surface area contributed by atoms with E-state index in [2.05, 4.69) is 0 Å². The number of alkyl halides is 3. The minimum Gasteiger partial charge on any atom is -0.366 e. The number of nitrogens with two attached hydrogens (primary N) is 1. The summed E-state index contributed by atoms with van der Waals surface area (Å²) in [6.07, 6.45) is -4.38. The molecule has 2 nitrogen and oxygen atoms in total. The quantitative estimate of drug-likeness (QED) is 0.893. The van der Waals surface area contributed by atoms with Crippen LogP contribution in [0, 0.1) is 6.92 Å². The molecule has 2 aromatic rings. The van der Waals surface area contributed by atoms with E-state index < -0.39 is 17.6 Å². The molecule has 1 amide bonds. The summed E-state index contributed by atoms with van der Waals surface area (Å²) in [5, 5.41) is 0. The number of carbonyl (C=O) groups excluding carboxylic acids is 1. The molecule has 0 fully saturated rings. The molecule has 104 valence electrons. The lowest BCUT2D eigenvalue weighted by Gasteiger charge is -2.11. The van der Waals surface area contributed by atoms with Gasteiger partial charge in [-0.25, -0.2) is 0 Å². The Morgan fingerprint density at radius 3 is 2.15 bits per heavy atom. The van der Waals surface area contributed by atoms with Gasteiger partial charge in [0, 0.05) is 5.56 Å². The monoisotopic (exact) mass is 279 g/mol. The number of hydrogen-bond acceptors (Lipinski definition) is 1. The van der Waals surface area contributed by atoms with Gasteiger partial charge in [0.25, 0.3) is 0 Å². The minimum absolute atomic E-state index is 0.326. The molecular weight excluding hydrogens is 267 g/mol. The van der Waals surface area contributed by atoms with E-state index >= 15 is 0 Å². The lowest BCUT2D eigenvalue weighted by atomic mass is 9.95. The highest BCUT2D eigenvalue weighted by Crippen LogP contribution is 2.32. The van der Waals surface area contributed by atoms with E-state index in [9.17, 15) is 18.0 Å². The second-order valence-electron chi connectivity index (χ2n) is 4.44. The molecule has 0 saturated heterocycles. The normalized spacial score (nSPS) is 11.4. The van der Waals surface area contributed by atoms with Gasteiger partial charge in [-0.3, -0.25) is 4.79 Å². The van der Waals surface area contributed by atoms with Crippen molar-refractivity contribution >= 4 is 5.91 Å². The minimum atomic E-state index is -4.38. The molecule has 0 atom stereocenters. The first kappa shape index (κ1) is 14.1. The SMILES string of the molecule is Cc1cccc(-c2ccc(C(F)(F)F)cc2)c1C(N)=O. The first-order valence-corrected chi connectivity index (χ1v) is 5.88. The van der Waals surface area contributed by atoms with Crippen LogP contribution in [-0.4, -0.2) is 5.91 Å². The van der Waals surface area contributed by atoms with Gasteiger partial charge in [0.15, 0.2) is 0 Å². The van der Waals surface area contributed by atoms with Crippen LogP contribution in [-0.2, 0) is 6.18 Å². The second-order valence-corrected chi connectivity index (χ2v) is 4.44. The lowest BCUT2D eigenvalue weighted by molar-refractivity contribution is -0.137. The van der Waals surface area contributed by atoms with Crippen molar-refractivity contribution in [3.05, 3.63) is 59.2 Å². The zero-order chi connectivity index (χ0) is 14.9.